The van der Waals surface area contributed by atoms with Crippen molar-refractivity contribution < 1.29 is 4.79 Å². The lowest BCUT2D eigenvalue weighted by atomic mass is 9.59. The van der Waals surface area contributed by atoms with Crippen molar-refractivity contribution in [2.24, 2.45) is 29.1 Å². The summed E-state index contributed by atoms with van der Waals surface area (Å²) in [5, 5.41) is 0. The van der Waals surface area contributed by atoms with E-state index in [9.17, 15) is 4.79 Å². The third kappa shape index (κ3) is 0.730. The van der Waals surface area contributed by atoms with Gasteiger partial charge in [-0.15, -0.1) is 0 Å². The van der Waals surface area contributed by atoms with Gasteiger partial charge in [0.15, 0.2) is 0 Å². The lowest BCUT2D eigenvalue weighted by Gasteiger charge is -2.44. The first kappa shape index (κ1) is 8.02. The molecule has 5 unspecified atom stereocenters. The standard InChI is InChI=1S/C12H18O/c1-7-3-4-8-10(7)11(13)9-5-6-12(8,9)2/h7-10H,3-6H2,1-2H3. The number of fused-ring (bicyclic) bond motifs is 3. The lowest BCUT2D eigenvalue weighted by Crippen LogP contribution is -2.39. The minimum atomic E-state index is 0.437. The summed E-state index contributed by atoms with van der Waals surface area (Å²) in [5.74, 6) is 2.99. The molecule has 1 nitrogen and oxygen atoms in total. The summed E-state index contributed by atoms with van der Waals surface area (Å²) in [6.07, 6.45) is 5.13. The molecule has 0 radical (unpaired) electrons. The molecule has 0 aromatic heterocycles. The zero-order valence-electron chi connectivity index (χ0n) is 8.55. The summed E-state index contributed by atoms with van der Waals surface area (Å²) >= 11 is 0. The second-order valence-electron chi connectivity index (χ2n) is 5.69. The number of carbonyl (C=O) groups is 1. The zero-order valence-corrected chi connectivity index (χ0v) is 8.55. The molecular formula is C12H18O. The van der Waals surface area contributed by atoms with Gasteiger partial charge < -0.3 is 0 Å². The maximum absolute atomic E-state index is 12.1. The van der Waals surface area contributed by atoms with Gasteiger partial charge in [-0.1, -0.05) is 13.8 Å². The Morgan fingerprint density at radius 1 is 1.31 bits per heavy atom. The molecule has 3 saturated carbocycles. The van der Waals surface area contributed by atoms with E-state index in [0.717, 1.165) is 5.92 Å². The summed E-state index contributed by atoms with van der Waals surface area (Å²) in [6.45, 7) is 4.64. The SMILES string of the molecule is CC1CCC2C1C(=O)C1CCC12C. The smallest absolute Gasteiger partial charge is 0.140 e. The number of rotatable bonds is 0. The summed E-state index contributed by atoms with van der Waals surface area (Å²) in [6, 6.07) is 0. The summed E-state index contributed by atoms with van der Waals surface area (Å²) in [5.41, 5.74) is 0.437. The van der Waals surface area contributed by atoms with Crippen LogP contribution in [0.1, 0.15) is 39.5 Å². The quantitative estimate of drug-likeness (QED) is 0.557. The predicted molar refractivity (Wildman–Crippen MR) is 51.2 cm³/mol. The number of Topliss-reactive ketones (excluding diaryl/α,β-unsaturated/α-hetero) is 1. The fourth-order valence-corrected chi connectivity index (χ4v) is 4.30. The Labute approximate surface area is 79.9 Å². The topological polar surface area (TPSA) is 17.1 Å². The number of hydrogen-bond donors (Lipinski definition) is 0. The predicted octanol–water partition coefficient (Wildman–Crippen LogP) is 2.65. The van der Waals surface area contributed by atoms with Crippen LogP contribution in [0, 0.1) is 29.1 Å². The molecular weight excluding hydrogens is 160 g/mol. The highest BCUT2D eigenvalue weighted by molar-refractivity contribution is 5.89. The summed E-state index contributed by atoms with van der Waals surface area (Å²) in [7, 11) is 0. The Bertz CT molecular complexity index is 270. The molecule has 0 heterocycles. The summed E-state index contributed by atoms with van der Waals surface area (Å²) in [4.78, 5) is 12.1. The average Bonchev–Trinajstić information content (AvgIpc) is 2.48. The molecule has 72 valence electrons. The van der Waals surface area contributed by atoms with E-state index in [4.69, 9.17) is 0 Å². The van der Waals surface area contributed by atoms with Crippen molar-refractivity contribution in [1.82, 2.24) is 0 Å². The van der Waals surface area contributed by atoms with Crippen LogP contribution in [0.3, 0.4) is 0 Å². The highest BCUT2D eigenvalue weighted by Gasteiger charge is 2.64. The van der Waals surface area contributed by atoms with Crippen LogP contribution in [0.15, 0.2) is 0 Å². The van der Waals surface area contributed by atoms with Crippen molar-refractivity contribution in [3.8, 4) is 0 Å². The van der Waals surface area contributed by atoms with Gasteiger partial charge in [0.2, 0.25) is 0 Å². The zero-order chi connectivity index (χ0) is 9.22. The second-order valence-corrected chi connectivity index (χ2v) is 5.69. The van der Waals surface area contributed by atoms with Crippen molar-refractivity contribution in [3.05, 3.63) is 0 Å². The third-order valence-electron chi connectivity index (χ3n) is 5.27. The Kier molecular flexibility index (Phi) is 1.35. The van der Waals surface area contributed by atoms with Gasteiger partial charge in [0.1, 0.15) is 5.78 Å². The Hall–Kier alpha value is -0.330. The van der Waals surface area contributed by atoms with E-state index < -0.39 is 0 Å². The van der Waals surface area contributed by atoms with E-state index in [1.807, 2.05) is 0 Å². The monoisotopic (exact) mass is 178 g/mol. The van der Waals surface area contributed by atoms with Crippen molar-refractivity contribution in [3.63, 3.8) is 0 Å². The number of carbonyl (C=O) groups excluding carboxylic acids is 1. The minimum absolute atomic E-state index is 0.437. The van der Waals surface area contributed by atoms with Crippen LogP contribution < -0.4 is 0 Å². The molecule has 0 aromatic rings. The minimum Gasteiger partial charge on any atom is -0.299 e. The Morgan fingerprint density at radius 3 is 2.69 bits per heavy atom. The number of ketones is 1. The lowest BCUT2D eigenvalue weighted by molar-refractivity contribution is -0.129. The molecule has 0 spiro atoms. The van der Waals surface area contributed by atoms with E-state index in [1.54, 1.807) is 0 Å². The van der Waals surface area contributed by atoms with Crippen molar-refractivity contribution >= 4 is 5.78 Å². The van der Waals surface area contributed by atoms with E-state index in [0.29, 0.717) is 29.0 Å². The van der Waals surface area contributed by atoms with Gasteiger partial charge in [-0.25, -0.2) is 0 Å². The maximum Gasteiger partial charge on any atom is 0.140 e. The molecule has 3 rings (SSSR count). The highest BCUT2D eigenvalue weighted by Crippen LogP contribution is 2.66. The molecule has 13 heavy (non-hydrogen) atoms. The van der Waals surface area contributed by atoms with Gasteiger partial charge in [0, 0.05) is 11.8 Å². The highest BCUT2D eigenvalue weighted by atomic mass is 16.1. The van der Waals surface area contributed by atoms with Gasteiger partial charge in [-0.05, 0) is 42.9 Å². The van der Waals surface area contributed by atoms with Crippen molar-refractivity contribution in [2.45, 2.75) is 39.5 Å². The summed E-state index contributed by atoms with van der Waals surface area (Å²) < 4.78 is 0. The second kappa shape index (κ2) is 2.18. The molecule has 0 bridgehead atoms. The van der Waals surface area contributed by atoms with Crippen LogP contribution in [0.25, 0.3) is 0 Å². The molecule has 1 heteroatoms. The van der Waals surface area contributed by atoms with E-state index in [-0.39, 0.29) is 0 Å². The first-order valence-electron chi connectivity index (χ1n) is 5.68. The van der Waals surface area contributed by atoms with E-state index in [1.165, 1.54) is 25.7 Å². The Morgan fingerprint density at radius 2 is 2.08 bits per heavy atom. The van der Waals surface area contributed by atoms with Crippen LogP contribution >= 0.6 is 0 Å². The largest absolute Gasteiger partial charge is 0.299 e. The van der Waals surface area contributed by atoms with Gasteiger partial charge in [-0.3, -0.25) is 4.79 Å². The van der Waals surface area contributed by atoms with Gasteiger partial charge >= 0.3 is 0 Å². The fourth-order valence-electron chi connectivity index (χ4n) is 4.30. The molecule has 5 atom stereocenters. The molecule has 3 fully saturated rings. The molecule has 0 amide bonds. The number of hydrogen-bond acceptors (Lipinski definition) is 1. The maximum atomic E-state index is 12.1. The van der Waals surface area contributed by atoms with Gasteiger partial charge in [0.05, 0.1) is 0 Å². The fraction of sp³-hybridized carbons (Fsp3) is 0.917. The molecule has 3 aliphatic rings. The molecule has 0 aromatic carbocycles. The Balaban J connectivity index is 2.01. The third-order valence-corrected chi connectivity index (χ3v) is 5.27. The van der Waals surface area contributed by atoms with Gasteiger partial charge in [0.25, 0.3) is 0 Å². The van der Waals surface area contributed by atoms with Crippen molar-refractivity contribution in [2.75, 3.05) is 0 Å². The van der Waals surface area contributed by atoms with Crippen LogP contribution in [0.2, 0.25) is 0 Å². The van der Waals surface area contributed by atoms with Crippen molar-refractivity contribution in [1.29, 1.82) is 0 Å². The van der Waals surface area contributed by atoms with Crippen LogP contribution in [-0.2, 0) is 4.79 Å². The van der Waals surface area contributed by atoms with E-state index >= 15 is 0 Å². The molecule has 0 saturated heterocycles. The van der Waals surface area contributed by atoms with Crippen LogP contribution in [0.4, 0.5) is 0 Å². The van der Waals surface area contributed by atoms with Crippen LogP contribution in [0.5, 0.6) is 0 Å². The van der Waals surface area contributed by atoms with Crippen LogP contribution in [-0.4, -0.2) is 5.78 Å². The first-order valence-corrected chi connectivity index (χ1v) is 5.68. The average molecular weight is 178 g/mol. The first-order chi connectivity index (χ1) is 6.14. The molecule has 0 aliphatic heterocycles. The molecule has 0 N–H and O–H groups in total. The normalized spacial score (nSPS) is 58.8. The van der Waals surface area contributed by atoms with E-state index in [2.05, 4.69) is 13.8 Å². The molecule has 3 aliphatic carbocycles. The van der Waals surface area contributed by atoms with Gasteiger partial charge in [-0.2, -0.15) is 0 Å².